The van der Waals surface area contributed by atoms with E-state index in [1.807, 2.05) is 13.8 Å². The van der Waals surface area contributed by atoms with Crippen LogP contribution in [-0.4, -0.2) is 44.3 Å². The van der Waals surface area contributed by atoms with E-state index < -0.39 is 64.2 Å². The van der Waals surface area contributed by atoms with Gasteiger partial charge in [-0.1, -0.05) is 86.6 Å². The van der Waals surface area contributed by atoms with E-state index in [1.165, 1.54) is 42.5 Å². The van der Waals surface area contributed by atoms with Crippen LogP contribution >= 0.6 is 0 Å². The number of hydrogen-bond donors (Lipinski definition) is 1. The van der Waals surface area contributed by atoms with Crippen LogP contribution in [0, 0.1) is 11.7 Å². The Labute approximate surface area is 271 Å². The number of amides is 2. The highest BCUT2D eigenvalue weighted by Crippen LogP contribution is 2.33. The molecule has 0 unspecified atom stereocenters. The first-order valence-corrected chi connectivity index (χ1v) is 16.3. The minimum atomic E-state index is -4.80. The molecule has 0 heterocycles. The van der Waals surface area contributed by atoms with Crippen molar-refractivity contribution < 1.29 is 35.6 Å². The van der Waals surface area contributed by atoms with Crippen molar-refractivity contribution in [3.8, 4) is 0 Å². The number of nitrogens with one attached hydrogen (secondary N) is 1. The Hall–Kier alpha value is -4.71. The molecule has 12 heteroatoms. The minimum Gasteiger partial charge on any atom is -0.354 e. The van der Waals surface area contributed by atoms with E-state index in [-0.39, 0.29) is 29.3 Å². The van der Waals surface area contributed by atoms with Gasteiger partial charge in [0.2, 0.25) is 11.8 Å². The average Bonchev–Trinajstić information content (AvgIpc) is 3.05. The van der Waals surface area contributed by atoms with Gasteiger partial charge < -0.3 is 10.2 Å². The third-order valence-corrected chi connectivity index (χ3v) is 9.11. The van der Waals surface area contributed by atoms with Crippen molar-refractivity contribution in [2.75, 3.05) is 17.4 Å². The van der Waals surface area contributed by atoms with Gasteiger partial charge in [-0.05, 0) is 47.9 Å². The number of nitrogens with zero attached hydrogens (tertiary/aromatic N) is 2. The Morgan fingerprint density at radius 3 is 2.06 bits per heavy atom. The van der Waals surface area contributed by atoms with Crippen molar-refractivity contribution in [1.29, 1.82) is 0 Å². The molecule has 0 saturated carbocycles. The summed E-state index contributed by atoms with van der Waals surface area (Å²) in [6.07, 6.45) is -4.80. The molecule has 0 fully saturated rings. The summed E-state index contributed by atoms with van der Waals surface area (Å²) in [6, 6.07) is 23.8. The van der Waals surface area contributed by atoms with E-state index in [1.54, 1.807) is 42.5 Å². The zero-order valence-corrected chi connectivity index (χ0v) is 26.6. The molecule has 0 radical (unpaired) electrons. The molecule has 7 nitrogen and oxygen atoms in total. The molecule has 4 aromatic carbocycles. The van der Waals surface area contributed by atoms with E-state index in [2.05, 4.69) is 5.32 Å². The lowest BCUT2D eigenvalue weighted by atomic mass is 10.0. The van der Waals surface area contributed by atoms with Crippen LogP contribution in [0.3, 0.4) is 0 Å². The predicted octanol–water partition coefficient (Wildman–Crippen LogP) is 6.45. The molecule has 0 bridgehead atoms. The largest absolute Gasteiger partial charge is 0.416 e. The topological polar surface area (TPSA) is 86.8 Å². The van der Waals surface area contributed by atoms with Gasteiger partial charge in [-0.15, -0.1) is 0 Å². The molecule has 1 atom stereocenters. The Bertz CT molecular complexity index is 1770. The minimum absolute atomic E-state index is 0.0000443. The lowest BCUT2D eigenvalue weighted by molar-refractivity contribution is -0.140. The van der Waals surface area contributed by atoms with Gasteiger partial charge in [0, 0.05) is 25.1 Å². The quantitative estimate of drug-likeness (QED) is 0.166. The summed E-state index contributed by atoms with van der Waals surface area (Å²) >= 11 is 0. The molecule has 0 aliphatic rings. The zero-order chi connectivity index (χ0) is 34.2. The molecule has 0 saturated heterocycles. The van der Waals surface area contributed by atoms with Crippen molar-refractivity contribution in [1.82, 2.24) is 10.2 Å². The van der Waals surface area contributed by atoms with Crippen molar-refractivity contribution in [3.05, 3.63) is 132 Å². The smallest absolute Gasteiger partial charge is 0.354 e. The molecule has 47 heavy (non-hydrogen) atoms. The summed E-state index contributed by atoms with van der Waals surface area (Å²) in [5.74, 6) is -2.08. The number of benzene rings is 4. The normalized spacial score (nSPS) is 12.4. The number of carbonyl (C=O) groups is 2. The highest BCUT2D eigenvalue weighted by molar-refractivity contribution is 7.92. The Balaban J connectivity index is 1.84. The molecule has 4 aromatic rings. The number of sulfonamides is 1. The van der Waals surface area contributed by atoms with Crippen molar-refractivity contribution in [2.45, 2.75) is 43.9 Å². The van der Waals surface area contributed by atoms with Crippen molar-refractivity contribution in [3.63, 3.8) is 0 Å². The second-order valence-corrected chi connectivity index (χ2v) is 13.2. The number of rotatable bonds is 13. The fourth-order valence-electron chi connectivity index (χ4n) is 4.87. The van der Waals surface area contributed by atoms with Crippen LogP contribution < -0.4 is 9.62 Å². The van der Waals surface area contributed by atoms with E-state index in [4.69, 9.17) is 0 Å². The van der Waals surface area contributed by atoms with Gasteiger partial charge in [0.25, 0.3) is 10.0 Å². The lowest BCUT2D eigenvalue weighted by Crippen LogP contribution is -2.53. The van der Waals surface area contributed by atoms with Crippen LogP contribution in [0.5, 0.6) is 0 Å². The first-order valence-electron chi connectivity index (χ1n) is 14.9. The van der Waals surface area contributed by atoms with Gasteiger partial charge in [0.05, 0.1) is 16.1 Å². The van der Waals surface area contributed by atoms with Crippen LogP contribution in [0.4, 0.5) is 23.2 Å². The highest BCUT2D eigenvalue weighted by atomic mass is 32.2. The number of alkyl halides is 3. The van der Waals surface area contributed by atoms with Crippen molar-refractivity contribution >= 4 is 27.5 Å². The Morgan fingerprint density at radius 2 is 1.45 bits per heavy atom. The molecular formula is C35H35F4N3O4S. The Morgan fingerprint density at radius 1 is 0.830 bits per heavy atom. The van der Waals surface area contributed by atoms with E-state index in [0.717, 1.165) is 23.1 Å². The third kappa shape index (κ3) is 9.19. The maximum absolute atomic E-state index is 15.0. The first kappa shape index (κ1) is 35.1. The molecule has 0 aliphatic heterocycles. The number of carbonyl (C=O) groups excluding carboxylic acids is 2. The molecule has 1 N–H and O–H groups in total. The van der Waals surface area contributed by atoms with Crippen LogP contribution in [0.15, 0.2) is 114 Å². The zero-order valence-electron chi connectivity index (χ0n) is 25.8. The maximum Gasteiger partial charge on any atom is 0.416 e. The highest BCUT2D eigenvalue weighted by Gasteiger charge is 2.36. The number of halogens is 4. The summed E-state index contributed by atoms with van der Waals surface area (Å²) in [6.45, 7) is 2.65. The van der Waals surface area contributed by atoms with Gasteiger partial charge in [-0.2, -0.15) is 13.2 Å². The summed E-state index contributed by atoms with van der Waals surface area (Å²) in [4.78, 5) is 28.9. The van der Waals surface area contributed by atoms with Gasteiger partial charge in [-0.25, -0.2) is 12.8 Å². The summed E-state index contributed by atoms with van der Waals surface area (Å²) in [7, 11) is -4.61. The number of hydrogen-bond acceptors (Lipinski definition) is 4. The second-order valence-electron chi connectivity index (χ2n) is 11.3. The molecule has 0 aromatic heterocycles. The van der Waals surface area contributed by atoms with Crippen LogP contribution in [0.1, 0.15) is 30.5 Å². The van der Waals surface area contributed by atoms with Crippen molar-refractivity contribution in [2.24, 2.45) is 5.92 Å². The van der Waals surface area contributed by atoms with E-state index in [0.29, 0.717) is 15.9 Å². The molecule has 4 rings (SSSR count). The third-order valence-electron chi connectivity index (χ3n) is 7.33. The second kappa shape index (κ2) is 15.3. The van der Waals surface area contributed by atoms with Crippen LogP contribution in [-0.2, 0) is 38.8 Å². The summed E-state index contributed by atoms with van der Waals surface area (Å²) in [5.41, 5.74) is -0.789. The Kier molecular flexibility index (Phi) is 11.4. The van der Waals surface area contributed by atoms with Gasteiger partial charge in [-0.3, -0.25) is 13.9 Å². The monoisotopic (exact) mass is 669 g/mol. The van der Waals surface area contributed by atoms with Crippen LogP contribution in [0.2, 0.25) is 0 Å². The molecule has 2 amide bonds. The standard InChI is InChI=1S/C35H35F4N3O4S/c1-25(2)22-40-34(44)32(20-26-12-5-3-6-13-26)41(23-27-14-9-10-19-31(27)36)33(43)24-42(47(45,46)30-17-7-4-8-18-30)29-16-11-15-28(21-29)35(37,38)39/h3-19,21,25,32H,20,22-24H2,1-2H3,(H,40,44)/t32-/m0/s1. The summed E-state index contributed by atoms with van der Waals surface area (Å²) in [5, 5.41) is 2.82. The first-order chi connectivity index (χ1) is 22.3. The summed E-state index contributed by atoms with van der Waals surface area (Å²) < 4.78 is 84.7. The molecule has 0 spiro atoms. The average molecular weight is 670 g/mol. The predicted molar refractivity (Wildman–Crippen MR) is 171 cm³/mol. The molecule has 0 aliphatic carbocycles. The maximum atomic E-state index is 15.0. The van der Waals surface area contributed by atoms with Gasteiger partial charge in [0.1, 0.15) is 18.4 Å². The van der Waals surface area contributed by atoms with E-state index in [9.17, 15) is 31.2 Å². The van der Waals surface area contributed by atoms with Gasteiger partial charge >= 0.3 is 6.18 Å². The SMILES string of the molecule is CC(C)CNC(=O)[C@H](Cc1ccccc1)N(Cc1ccccc1F)C(=O)CN(c1cccc(C(F)(F)F)c1)S(=O)(=O)c1ccccc1. The van der Waals surface area contributed by atoms with E-state index >= 15 is 4.39 Å². The lowest BCUT2D eigenvalue weighted by Gasteiger charge is -2.34. The molecular weight excluding hydrogens is 634 g/mol. The van der Waals surface area contributed by atoms with Gasteiger partial charge in [0.15, 0.2) is 0 Å². The molecule has 248 valence electrons. The van der Waals surface area contributed by atoms with Crippen LogP contribution in [0.25, 0.3) is 0 Å². The number of anilines is 1. The fourth-order valence-corrected chi connectivity index (χ4v) is 6.30. The fraction of sp³-hybridized carbons (Fsp3) is 0.257.